The number of carbonyl (C=O) groups is 1. The van der Waals surface area contributed by atoms with Crippen molar-refractivity contribution in [3.05, 3.63) is 0 Å². The summed E-state index contributed by atoms with van der Waals surface area (Å²) in [6.45, 7) is 6.06. The van der Waals surface area contributed by atoms with E-state index in [4.69, 9.17) is 5.84 Å². The van der Waals surface area contributed by atoms with E-state index in [1.807, 2.05) is 20.8 Å². The van der Waals surface area contributed by atoms with Crippen molar-refractivity contribution in [3.8, 4) is 0 Å². The molecule has 4 heteroatoms. The molecule has 0 aliphatic rings. The Balaban J connectivity index is 3.98. The van der Waals surface area contributed by atoms with Crippen LogP contribution in [0.25, 0.3) is 0 Å². The summed E-state index contributed by atoms with van der Waals surface area (Å²) in [5, 5.41) is -0.00926. The van der Waals surface area contributed by atoms with Crippen LogP contribution in [0.15, 0.2) is 0 Å². The Morgan fingerprint density at radius 1 is 1.64 bits per heavy atom. The summed E-state index contributed by atoms with van der Waals surface area (Å²) in [5.74, 6) is 6.23. The van der Waals surface area contributed by atoms with E-state index in [-0.39, 0.29) is 11.2 Å². The average Bonchev–Trinajstić information content (AvgIpc) is 1.98. The molecule has 11 heavy (non-hydrogen) atoms. The van der Waals surface area contributed by atoms with Crippen molar-refractivity contribution in [3.63, 3.8) is 0 Å². The molecule has 0 spiro atoms. The van der Waals surface area contributed by atoms with Crippen molar-refractivity contribution in [1.82, 2.24) is 5.43 Å². The summed E-state index contributed by atoms with van der Waals surface area (Å²) in [4.78, 5) is 11.1. The molecule has 0 heterocycles. The van der Waals surface area contributed by atoms with Crippen LogP contribution in [0.3, 0.4) is 0 Å². The number of nitrogens with two attached hydrogens (primary N) is 1. The highest BCUT2D eigenvalue weighted by Gasteiger charge is 2.20. The second-order valence-electron chi connectivity index (χ2n) is 2.63. The highest BCUT2D eigenvalue weighted by Crippen LogP contribution is 2.18. The summed E-state index contributed by atoms with van der Waals surface area (Å²) in [6, 6.07) is 0. The van der Waals surface area contributed by atoms with Gasteiger partial charge >= 0.3 is 0 Å². The van der Waals surface area contributed by atoms with E-state index in [1.54, 1.807) is 11.8 Å². The predicted molar refractivity (Wildman–Crippen MR) is 49.1 cm³/mol. The van der Waals surface area contributed by atoms with Gasteiger partial charge in [0.25, 0.3) is 0 Å². The molecule has 0 aromatic heterocycles. The van der Waals surface area contributed by atoms with Crippen molar-refractivity contribution in [1.29, 1.82) is 0 Å². The average molecular weight is 176 g/mol. The summed E-state index contributed by atoms with van der Waals surface area (Å²) in [5.41, 5.74) is 2.17. The van der Waals surface area contributed by atoms with Gasteiger partial charge in [0.2, 0.25) is 5.91 Å². The lowest BCUT2D eigenvalue weighted by Crippen LogP contribution is -2.40. The first-order valence-corrected chi connectivity index (χ1v) is 4.80. The number of hydrogen-bond donors (Lipinski definition) is 2. The maximum atomic E-state index is 11.1. The molecule has 0 aliphatic heterocycles. The van der Waals surface area contributed by atoms with Gasteiger partial charge in [-0.2, -0.15) is 0 Å². The molecule has 0 aromatic rings. The Hall–Kier alpha value is -0.220. The number of thioether (sulfide) groups is 1. The standard InChI is InChI=1S/C7H16N2OS/c1-4-11-6(5(2)3)7(10)9-8/h5-6H,4,8H2,1-3H3,(H,9,10). The monoisotopic (exact) mass is 176 g/mol. The third-order valence-corrected chi connectivity index (χ3v) is 2.80. The van der Waals surface area contributed by atoms with E-state index in [0.717, 1.165) is 5.75 Å². The Morgan fingerprint density at radius 3 is 2.45 bits per heavy atom. The van der Waals surface area contributed by atoms with E-state index >= 15 is 0 Å². The summed E-state index contributed by atoms with van der Waals surface area (Å²) >= 11 is 1.63. The molecular weight excluding hydrogens is 160 g/mol. The molecule has 0 aliphatic carbocycles. The highest BCUT2D eigenvalue weighted by molar-refractivity contribution is 8.00. The van der Waals surface area contributed by atoms with Crippen LogP contribution in [0, 0.1) is 5.92 Å². The Morgan fingerprint density at radius 2 is 2.18 bits per heavy atom. The molecule has 3 nitrogen and oxygen atoms in total. The van der Waals surface area contributed by atoms with Crippen molar-refractivity contribution < 1.29 is 4.79 Å². The lowest BCUT2D eigenvalue weighted by Gasteiger charge is -2.16. The fraction of sp³-hybridized carbons (Fsp3) is 0.857. The highest BCUT2D eigenvalue weighted by atomic mass is 32.2. The lowest BCUT2D eigenvalue weighted by atomic mass is 10.1. The molecule has 0 rings (SSSR count). The van der Waals surface area contributed by atoms with Crippen LogP contribution in [-0.4, -0.2) is 16.9 Å². The molecule has 0 bridgehead atoms. The minimum atomic E-state index is -0.0770. The molecule has 0 saturated heterocycles. The SMILES string of the molecule is CCSC(C(=O)NN)C(C)C. The third-order valence-electron chi connectivity index (χ3n) is 1.35. The zero-order chi connectivity index (χ0) is 8.85. The van der Waals surface area contributed by atoms with Gasteiger partial charge < -0.3 is 0 Å². The van der Waals surface area contributed by atoms with Crippen LogP contribution >= 0.6 is 11.8 Å². The van der Waals surface area contributed by atoms with Gasteiger partial charge in [-0.3, -0.25) is 10.2 Å². The van der Waals surface area contributed by atoms with Gasteiger partial charge in [0.15, 0.2) is 0 Å². The van der Waals surface area contributed by atoms with Gasteiger partial charge in [-0.15, -0.1) is 11.8 Å². The molecule has 0 radical (unpaired) electrons. The second-order valence-corrected chi connectivity index (χ2v) is 4.05. The van der Waals surface area contributed by atoms with Gasteiger partial charge in [0, 0.05) is 0 Å². The second kappa shape index (κ2) is 5.43. The quantitative estimate of drug-likeness (QED) is 0.377. The van der Waals surface area contributed by atoms with E-state index in [2.05, 4.69) is 5.43 Å². The Labute approximate surface area is 72.1 Å². The zero-order valence-electron chi connectivity index (χ0n) is 7.26. The number of amides is 1. The van der Waals surface area contributed by atoms with Crippen molar-refractivity contribution in [2.75, 3.05) is 5.75 Å². The normalized spacial score (nSPS) is 13.2. The van der Waals surface area contributed by atoms with Gasteiger partial charge in [0.05, 0.1) is 5.25 Å². The molecular formula is C7H16N2OS. The smallest absolute Gasteiger partial charge is 0.247 e. The fourth-order valence-corrected chi connectivity index (χ4v) is 1.80. The molecule has 0 saturated carbocycles. The minimum Gasteiger partial charge on any atom is -0.293 e. The predicted octanol–water partition coefficient (Wildman–Crippen LogP) is 0.754. The zero-order valence-corrected chi connectivity index (χ0v) is 8.07. The van der Waals surface area contributed by atoms with Crippen LogP contribution < -0.4 is 11.3 Å². The third kappa shape index (κ3) is 3.62. The van der Waals surface area contributed by atoms with Crippen molar-refractivity contribution in [2.24, 2.45) is 11.8 Å². The number of hydrazine groups is 1. The van der Waals surface area contributed by atoms with Crippen molar-refractivity contribution in [2.45, 2.75) is 26.0 Å². The van der Waals surface area contributed by atoms with Crippen LogP contribution in [0.1, 0.15) is 20.8 Å². The van der Waals surface area contributed by atoms with E-state index in [9.17, 15) is 4.79 Å². The molecule has 66 valence electrons. The topological polar surface area (TPSA) is 55.1 Å². The van der Waals surface area contributed by atoms with Crippen molar-refractivity contribution >= 4 is 17.7 Å². The number of nitrogens with one attached hydrogen (secondary N) is 1. The van der Waals surface area contributed by atoms with Gasteiger partial charge in [0.1, 0.15) is 0 Å². The van der Waals surface area contributed by atoms with Gasteiger partial charge in [-0.25, -0.2) is 5.84 Å². The van der Waals surface area contributed by atoms with E-state index < -0.39 is 0 Å². The summed E-state index contributed by atoms with van der Waals surface area (Å²) < 4.78 is 0. The first-order chi connectivity index (χ1) is 5.13. The largest absolute Gasteiger partial charge is 0.293 e. The first-order valence-electron chi connectivity index (χ1n) is 3.75. The fourth-order valence-electron chi connectivity index (χ4n) is 0.833. The number of hydrogen-bond acceptors (Lipinski definition) is 3. The Kier molecular flexibility index (Phi) is 5.32. The maximum absolute atomic E-state index is 11.1. The van der Waals surface area contributed by atoms with Gasteiger partial charge in [-0.05, 0) is 11.7 Å². The maximum Gasteiger partial charge on any atom is 0.247 e. The number of carbonyl (C=O) groups excluding carboxylic acids is 1. The molecule has 0 aromatic carbocycles. The molecule has 1 atom stereocenters. The first kappa shape index (κ1) is 10.8. The summed E-state index contributed by atoms with van der Waals surface area (Å²) in [6.07, 6.45) is 0. The van der Waals surface area contributed by atoms with Crippen LogP contribution in [-0.2, 0) is 4.79 Å². The molecule has 1 unspecified atom stereocenters. The van der Waals surface area contributed by atoms with E-state index in [0.29, 0.717) is 5.92 Å². The summed E-state index contributed by atoms with van der Waals surface area (Å²) in [7, 11) is 0. The van der Waals surface area contributed by atoms with E-state index in [1.165, 1.54) is 0 Å². The van der Waals surface area contributed by atoms with Gasteiger partial charge in [-0.1, -0.05) is 20.8 Å². The van der Waals surface area contributed by atoms with Crippen LogP contribution in [0.2, 0.25) is 0 Å². The van der Waals surface area contributed by atoms with Crippen LogP contribution in [0.5, 0.6) is 0 Å². The molecule has 3 N–H and O–H groups in total. The van der Waals surface area contributed by atoms with Crippen LogP contribution in [0.4, 0.5) is 0 Å². The molecule has 0 fully saturated rings. The number of rotatable bonds is 4. The lowest BCUT2D eigenvalue weighted by molar-refractivity contribution is -0.121. The minimum absolute atomic E-state index is 0.00926. The molecule has 1 amide bonds. The Bertz CT molecular complexity index is 128.